The quantitative estimate of drug-likeness (QED) is 0.262. The molecule has 1 N–H and O–H groups in total. The van der Waals surface area contributed by atoms with Crippen molar-refractivity contribution in [2.45, 2.75) is 6.92 Å². The Morgan fingerprint density at radius 2 is 2.10 bits per heavy atom. The first kappa shape index (κ1) is 17.6. The van der Waals surface area contributed by atoms with Crippen molar-refractivity contribution in [1.29, 1.82) is 0 Å². The van der Waals surface area contributed by atoms with E-state index in [0.717, 1.165) is 6.08 Å². The van der Waals surface area contributed by atoms with Gasteiger partial charge in [0.15, 0.2) is 0 Å². The molecule has 48 valence electrons. The fourth-order valence-electron chi connectivity index (χ4n) is 0.249. The number of carboxylic acid groups (broad SMARTS) is 1. The summed E-state index contributed by atoms with van der Waals surface area (Å²) in [6.07, 6.45) is 5.98. The van der Waals surface area contributed by atoms with Gasteiger partial charge in [-0.3, -0.25) is 0 Å². The third-order valence-corrected chi connectivity index (χ3v) is 0.542. The van der Waals surface area contributed by atoms with E-state index in [1.54, 1.807) is 12.2 Å². The van der Waals surface area contributed by atoms with Gasteiger partial charge in [-0.2, -0.15) is 0 Å². The maximum atomic E-state index is 9.75. The van der Waals surface area contributed by atoms with Crippen molar-refractivity contribution in [2.24, 2.45) is 0 Å². The molecular formula is C6H11KNaO2+. The molecule has 0 saturated heterocycles. The van der Waals surface area contributed by atoms with Crippen LogP contribution < -0.4 is 80.9 Å². The van der Waals surface area contributed by atoms with Crippen LogP contribution in [0.1, 0.15) is 11.2 Å². The first-order valence-electron chi connectivity index (χ1n) is 2.29. The number of hydrogen-bond acceptors (Lipinski definition) is 1. The average molecular weight is 177 g/mol. The summed E-state index contributed by atoms with van der Waals surface area (Å²) in [5.41, 5.74) is 0. The molecule has 0 aromatic rings. The Morgan fingerprint density at radius 1 is 1.60 bits per heavy atom. The second-order valence-electron chi connectivity index (χ2n) is 1.22. The molecule has 0 aromatic carbocycles. The van der Waals surface area contributed by atoms with Crippen molar-refractivity contribution in [2.75, 3.05) is 0 Å². The minimum atomic E-state index is -0.914. The zero-order valence-corrected chi connectivity index (χ0v) is 11.8. The fourth-order valence-corrected chi connectivity index (χ4v) is 0.249. The van der Waals surface area contributed by atoms with Gasteiger partial charge in [0.1, 0.15) is 0 Å². The van der Waals surface area contributed by atoms with Gasteiger partial charge in [-0.1, -0.05) is 18.2 Å². The number of carbonyl (C=O) groups is 1. The maximum Gasteiger partial charge on any atom is 1.00 e. The zero-order chi connectivity index (χ0) is 6.41. The van der Waals surface area contributed by atoms with E-state index in [4.69, 9.17) is 5.11 Å². The van der Waals surface area contributed by atoms with E-state index >= 15 is 0 Å². The summed E-state index contributed by atoms with van der Waals surface area (Å²) in [5, 5.41) is 8.02. The van der Waals surface area contributed by atoms with Crippen LogP contribution in [0.25, 0.3) is 0 Å². The summed E-state index contributed by atoms with van der Waals surface area (Å²) in [6.45, 7) is 1.83. The molecule has 0 radical (unpaired) electrons. The Labute approximate surface area is 130 Å². The van der Waals surface area contributed by atoms with Gasteiger partial charge in [-0.25, -0.2) is 4.79 Å². The molecule has 0 spiro atoms. The molecule has 4 heteroatoms. The summed E-state index contributed by atoms with van der Waals surface area (Å²) in [6, 6.07) is 0. The Bertz CT molecular complexity index is 142. The van der Waals surface area contributed by atoms with Crippen molar-refractivity contribution >= 4 is 5.97 Å². The molecule has 0 atom stereocenters. The molecule has 0 aromatic heterocycles. The summed E-state index contributed by atoms with van der Waals surface area (Å²) >= 11 is 0. The van der Waals surface area contributed by atoms with Gasteiger partial charge >= 0.3 is 88.3 Å². The first-order chi connectivity index (χ1) is 3.77. The molecule has 0 rings (SSSR count). The van der Waals surface area contributed by atoms with E-state index in [-0.39, 0.29) is 85.2 Å². The Morgan fingerprint density at radius 3 is 2.40 bits per heavy atom. The molecule has 0 bridgehead atoms. The minimum Gasteiger partial charge on any atom is -1.00 e. The van der Waals surface area contributed by atoms with Crippen molar-refractivity contribution in [1.82, 2.24) is 0 Å². The number of hydrogen-bond donors (Lipinski definition) is 1. The molecule has 0 amide bonds. The van der Waals surface area contributed by atoms with Crippen LogP contribution in [0.2, 0.25) is 0 Å². The third-order valence-electron chi connectivity index (χ3n) is 0.542. The van der Waals surface area contributed by atoms with Gasteiger partial charge < -0.3 is 7.96 Å². The summed E-state index contributed by atoms with van der Waals surface area (Å²) in [5.74, 6) is -0.914. The van der Waals surface area contributed by atoms with Gasteiger partial charge in [-0.05, 0) is 6.92 Å². The number of allylic oxidation sites excluding steroid dienone is 3. The van der Waals surface area contributed by atoms with Crippen LogP contribution in [0.3, 0.4) is 0 Å². The Balaban J connectivity index is -0.0000000245. The molecular weight excluding hydrogens is 166 g/mol. The molecule has 2 nitrogen and oxygen atoms in total. The van der Waals surface area contributed by atoms with Crippen LogP contribution in [-0.4, -0.2) is 11.1 Å². The SMILES string of the molecule is C/C=C/C=C/C(=O)O.[H+].[H-].[H-].[K+].[Na+]. The van der Waals surface area contributed by atoms with Gasteiger partial charge in [0.25, 0.3) is 0 Å². The van der Waals surface area contributed by atoms with E-state index in [9.17, 15) is 4.79 Å². The predicted molar refractivity (Wildman–Crippen MR) is 34.9 cm³/mol. The van der Waals surface area contributed by atoms with Gasteiger partial charge in [0.2, 0.25) is 0 Å². The second-order valence-corrected chi connectivity index (χ2v) is 1.22. The van der Waals surface area contributed by atoms with E-state index in [1.165, 1.54) is 6.08 Å². The minimum absolute atomic E-state index is 0. The average Bonchev–Trinajstić information content (AvgIpc) is 1.66. The van der Waals surface area contributed by atoms with E-state index in [1.807, 2.05) is 6.92 Å². The fraction of sp³-hybridized carbons (Fsp3) is 0.167. The Hall–Kier alpha value is 1.59. The topological polar surface area (TPSA) is 37.3 Å². The van der Waals surface area contributed by atoms with Crippen LogP contribution in [0.4, 0.5) is 0 Å². The zero-order valence-electron chi connectivity index (χ0n) is 9.66. The van der Waals surface area contributed by atoms with E-state index in [2.05, 4.69) is 0 Å². The maximum absolute atomic E-state index is 9.75. The van der Waals surface area contributed by atoms with Crippen LogP contribution in [-0.2, 0) is 4.79 Å². The predicted octanol–water partition coefficient (Wildman–Crippen LogP) is -4.45. The molecule has 0 aliphatic carbocycles. The van der Waals surface area contributed by atoms with Gasteiger partial charge in [0, 0.05) is 6.08 Å². The van der Waals surface area contributed by atoms with Crippen LogP contribution in [0, 0.1) is 0 Å². The third kappa shape index (κ3) is 16.3. The van der Waals surface area contributed by atoms with E-state index in [0.29, 0.717) is 0 Å². The van der Waals surface area contributed by atoms with Crippen LogP contribution in [0.15, 0.2) is 24.3 Å². The monoisotopic (exact) mass is 177 g/mol. The Kier molecular flexibility index (Phi) is 23.2. The van der Waals surface area contributed by atoms with Crippen LogP contribution >= 0.6 is 0 Å². The number of rotatable bonds is 2. The normalized spacial score (nSPS) is 8.90. The number of aliphatic carboxylic acids is 1. The smallest absolute Gasteiger partial charge is 1.00 e. The van der Waals surface area contributed by atoms with Crippen molar-refractivity contribution in [3.05, 3.63) is 24.3 Å². The largest absolute Gasteiger partial charge is 1.00 e. The van der Waals surface area contributed by atoms with E-state index < -0.39 is 5.97 Å². The van der Waals surface area contributed by atoms with Crippen molar-refractivity contribution in [3.63, 3.8) is 0 Å². The molecule has 0 aliphatic heterocycles. The molecule has 0 saturated carbocycles. The molecule has 0 unspecified atom stereocenters. The van der Waals surface area contributed by atoms with Crippen molar-refractivity contribution in [3.8, 4) is 0 Å². The summed E-state index contributed by atoms with van der Waals surface area (Å²) < 4.78 is 0. The second kappa shape index (κ2) is 13.2. The summed E-state index contributed by atoms with van der Waals surface area (Å²) in [4.78, 5) is 9.75. The first-order valence-corrected chi connectivity index (χ1v) is 2.29. The molecule has 0 fully saturated rings. The van der Waals surface area contributed by atoms with Gasteiger partial charge in [0.05, 0.1) is 0 Å². The summed E-state index contributed by atoms with van der Waals surface area (Å²) in [7, 11) is 0. The van der Waals surface area contributed by atoms with Crippen molar-refractivity contribution < 1.29 is 95.1 Å². The molecule has 0 heterocycles. The molecule has 10 heavy (non-hydrogen) atoms. The standard InChI is InChI=1S/C6H8O2.K.Na.2H/c1-2-3-4-5-6(7)8;;;;/h2-5H,1H3,(H,7,8);;;;/q;2*+1;2*-1/p+1/b3-2+,5-4+;;;;. The molecule has 0 aliphatic rings. The van der Waals surface area contributed by atoms with Gasteiger partial charge in [-0.15, -0.1) is 0 Å². The van der Waals surface area contributed by atoms with Crippen LogP contribution in [0.5, 0.6) is 0 Å². The number of carboxylic acids is 1.